The molecule has 14 rings (SSSR count). The van der Waals surface area contributed by atoms with Gasteiger partial charge >= 0.3 is 0 Å². The summed E-state index contributed by atoms with van der Waals surface area (Å²) in [6, 6.07) is 94.1. The minimum atomic E-state index is -0.555. The number of hydrogen-bond donors (Lipinski definition) is 0. The van der Waals surface area contributed by atoms with Crippen molar-refractivity contribution >= 4 is 60.9 Å². The number of rotatable bonds is 8. The molecular formula is C67H43NO2. The van der Waals surface area contributed by atoms with Gasteiger partial charge in [-0.2, -0.15) is 0 Å². The Morgan fingerprint density at radius 3 is 1.59 bits per heavy atom. The SMILES string of the molecule is c1ccc(-c2ccc(-c3c4oc5ccc(N(c6cccc(-c7ccccc7)c6)c6ccc7c(c6)C(c6ccccc6)(c6ccccc6)c6ccccc6-7)cc5c4cc4oc5ccccc5c34)cc2)cc1. The van der Waals surface area contributed by atoms with Gasteiger partial charge in [-0.15, -0.1) is 0 Å². The van der Waals surface area contributed by atoms with E-state index >= 15 is 0 Å². The van der Waals surface area contributed by atoms with Crippen molar-refractivity contribution in [3.63, 3.8) is 0 Å². The zero-order valence-corrected chi connectivity index (χ0v) is 38.1. The normalized spacial score (nSPS) is 12.7. The first kappa shape index (κ1) is 39.9. The molecule has 0 N–H and O–H groups in total. The van der Waals surface area contributed by atoms with Crippen LogP contribution < -0.4 is 4.90 Å². The molecule has 0 fully saturated rings. The number of hydrogen-bond acceptors (Lipinski definition) is 3. The van der Waals surface area contributed by atoms with E-state index in [-0.39, 0.29) is 0 Å². The third kappa shape index (κ3) is 6.15. The van der Waals surface area contributed by atoms with Crippen molar-refractivity contribution in [1.82, 2.24) is 0 Å². The van der Waals surface area contributed by atoms with Crippen molar-refractivity contribution in [2.45, 2.75) is 5.41 Å². The Balaban J connectivity index is 1.01. The predicted octanol–water partition coefficient (Wildman–Crippen LogP) is 18.3. The lowest BCUT2D eigenvalue weighted by Gasteiger charge is -2.35. The molecule has 0 spiro atoms. The molecule has 0 unspecified atom stereocenters. The molecule has 328 valence electrons. The van der Waals surface area contributed by atoms with Crippen LogP contribution in [0.15, 0.2) is 270 Å². The zero-order chi connectivity index (χ0) is 46.2. The Morgan fingerprint density at radius 1 is 0.300 bits per heavy atom. The lowest BCUT2D eigenvalue weighted by molar-refractivity contribution is 0.664. The van der Waals surface area contributed by atoms with E-state index in [1.807, 2.05) is 6.07 Å². The number of nitrogens with zero attached hydrogens (tertiary/aromatic N) is 1. The zero-order valence-electron chi connectivity index (χ0n) is 38.1. The average Bonchev–Trinajstić information content (AvgIpc) is 4.09. The molecule has 0 atom stereocenters. The van der Waals surface area contributed by atoms with Gasteiger partial charge < -0.3 is 13.7 Å². The summed E-state index contributed by atoms with van der Waals surface area (Å²) >= 11 is 0. The van der Waals surface area contributed by atoms with Gasteiger partial charge in [0.25, 0.3) is 0 Å². The summed E-state index contributed by atoms with van der Waals surface area (Å²) in [6.45, 7) is 0. The van der Waals surface area contributed by atoms with Crippen molar-refractivity contribution in [3.05, 3.63) is 283 Å². The van der Waals surface area contributed by atoms with E-state index in [4.69, 9.17) is 8.83 Å². The fraction of sp³-hybridized carbons (Fsp3) is 0.0149. The molecule has 0 saturated carbocycles. The largest absolute Gasteiger partial charge is 0.456 e. The maximum atomic E-state index is 7.06. The minimum absolute atomic E-state index is 0.555. The highest BCUT2D eigenvalue weighted by Gasteiger charge is 2.46. The van der Waals surface area contributed by atoms with Crippen molar-refractivity contribution < 1.29 is 8.83 Å². The predicted molar refractivity (Wildman–Crippen MR) is 289 cm³/mol. The summed E-state index contributed by atoms with van der Waals surface area (Å²) in [4.78, 5) is 2.41. The molecule has 3 heteroatoms. The van der Waals surface area contributed by atoms with Gasteiger partial charge in [0.2, 0.25) is 0 Å². The van der Waals surface area contributed by atoms with Gasteiger partial charge in [0.1, 0.15) is 22.3 Å². The molecule has 13 aromatic rings. The monoisotopic (exact) mass is 893 g/mol. The van der Waals surface area contributed by atoms with Crippen LogP contribution in [0.3, 0.4) is 0 Å². The quantitative estimate of drug-likeness (QED) is 0.152. The first-order chi connectivity index (χ1) is 34.7. The lowest BCUT2D eigenvalue weighted by atomic mass is 9.67. The lowest BCUT2D eigenvalue weighted by Crippen LogP contribution is -2.28. The van der Waals surface area contributed by atoms with Crippen molar-refractivity contribution in [1.29, 1.82) is 0 Å². The average molecular weight is 894 g/mol. The summed E-state index contributed by atoms with van der Waals surface area (Å²) in [5.41, 5.74) is 20.1. The molecule has 1 aliphatic carbocycles. The Hall–Kier alpha value is -9.18. The van der Waals surface area contributed by atoms with Gasteiger partial charge in [-0.25, -0.2) is 0 Å². The highest BCUT2D eigenvalue weighted by atomic mass is 16.3. The standard InChI is InChI=1S/C67H43NO2/c1-5-18-44(19-6-1)46-32-34-47(35-33-46)64-65-56-29-14-16-31-61(56)69-63(65)43-58-57-41-52(37-39-62(57)70-66(58)64)68(51-27-17-22-48(40-51)45-20-7-2-8-21-45)53-36-38-55-54-28-13-15-30-59(54)67(60(55)42-53,49-23-9-3-10-24-49)50-25-11-4-12-26-50/h1-43H. The van der Waals surface area contributed by atoms with Gasteiger partial charge in [0.05, 0.1) is 5.41 Å². The van der Waals surface area contributed by atoms with E-state index in [0.717, 1.165) is 88.8 Å². The molecule has 0 aliphatic heterocycles. The molecule has 0 amide bonds. The van der Waals surface area contributed by atoms with Crippen molar-refractivity contribution in [3.8, 4) is 44.5 Å². The van der Waals surface area contributed by atoms with Gasteiger partial charge in [0.15, 0.2) is 0 Å². The number of furan rings is 2. The molecule has 0 bridgehead atoms. The Bertz CT molecular complexity index is 4060. The van der Waals surface area contributed by atoms with Crippen LogP contribution in [0.4, 0.5) is 17.1 Å². The van der Waals surface area contributed by atoms with E-state index in [0.29, 0.717) is 0 Å². The van der Waals surface area contributed by atoms with Crippen LogP contribution in [0.5, 0.6) is 0 Å². The molecule has 0 saturated heterocycles. The number of fused-ring (bicyclic) bond motifs is 9. The molecule has 0 radical (unpaired) electrons. The number of benzene rings is 11. The van der Waals surface area contributed by atoms with Crippen LogP contribution in [0.2, 0.25) is 0 Å². The molecule has 11 aromatic carbocycles. The molecule has 70 heavy (non-hydrogen) atoms. The first-order valence-electron chi connectivity index (χ1n) is 24.0. The van der Waals surface area contributed by atoms with Crippen molar-refractivity contribution in [2.24, 2.45) is 0 Å². The first-order valence-corrected chi connectivity index (χ1v) is 24.0. The Kier molecular flexibility index (Phi) is 9.11. The van der Waals surface area contributed by atoms with Gasteiger partial charge in [-0.3, -0.25) is 0 Å². The second kappa shape index (κ2) is 16.0. The second-order valence-electron chi connectivity index (χ2n) is 18.3. The summed E-state index contributed by atoms with van der Waals surface area (Å²) in [5, 5.41) is 4.12. The van der Waals surface area contributed by atoms with E-state index in [1.54, 1.807) is 0 Å². The highest BCUT2D eigenvalue weighted by molar-refractivity contribution is 6.23. The number of para-hydroxylation sites is 1. The number of anilines is 3. The summed E-state index contributed by atoms with van der Waals surface area (Å²) < 4.78 is 13.8. The van der Waals surface area contributed by atoms with Gasteiger partial charge in [-0.1, -0.05) is 206 Å². The van der Waals surface area contributed by atoms with E-state index in [1.165, 1.54) is 38.9 Å². The third-order valence-electron chi connectivity index (χ3n) is 14.5. The fourth-order valence-electron chi connectivity index (χ4n) is 11.5. The van der Waals surface area contributed by atoms with Crippen LogP contribution in [0.25, 0.3) is 88.4 Å². The van der Waals surface area contributed by atoms with Crippen LogP contribution in [-0.2, 0) is 5.41 Å². The topological polar surface area (TPSA) is 29.5 Å². The van der Waals surface area contributed by atoms with Crippen molar-refractivity contribution in [2.75, 3.05) is 4.90 Å². The van der Waals surface area contributed by atoms with Crippen LogP contribution in [0.1, 0.15) is 22.3 Å². The van der Waals surface area contributed by atoms with Crippen LogP contribution in [0, 0.1) is 0 Å². The smallest absolute Gasteiger partial charge is 0.144 e. The molecule has 1 aliphatic rings. The van der Waals surface area contributed by atoms with Gasteiger partial charge in [-0.05, 0) is 116 Å². The minimum Gasteiger partial charge on any atom is -0.456 e. The third-order valence-corrected chi connectivity index (χ3v) is 14.5. The molecular weight excluding hydrogens is 851 g/mol. The van der Waals surface area contributed by atoms with Crippen LogP contribution in [-0.4, -0.2) is 0 Å². The summed E-state index contributed by atoms with van der Waals surface area (Å²) in [7, 11) is 0. The fourth-order valence-corrected chi connectivity index (χ4v) is 11.5. The molecule has 2 aromatic heterocycles. The van der Waals surface area contributed by atoms with E-state index in [2.05, 4.69) is 260 Å². The van der Waals surface area contributed by atoms with E-state index in [9.17, 15) is 0 Å². The molecule has 3 nitrogen and oxygen atoms in total. The Morgan fingerprint density at radius 2 is 0.843 bits per heavy atom. The molecule has 2 heterocycles. The van der Waals surface area contributed by atoms with Gasteiger partial charge in [0, 0.05) is 44.2 Å². The summed E-state index contributed by atoms with van der Waals surface area (Å²) in [6.07, 6.45) is 0. The highest BCUT2D eigenvalue weighted by Crippen LogP contribution is 2.57. The second-order valence-corrected chi connectivity index (χ2v) is 18.3. The maximum absolute atomic E-state index is 7.06. The Labute approximate surface area is 405 Å². The van der Waals surface area contributed by atoms with Crippen LogP contribution >= 0.6 is 0 Å². The summed E-state index contributed by atoms with van der Waals surface area (Å²) in [5.74, 6) is 0. The van der Waals surface area contributed by atoms with E-state index < -0.39 is 5.41 Å². The maximum Gasteiger partial charge on any atom is 0.144 e.